The number of aromatic nitrogens is 4. The zero-order valence-electron chi connectivity index (χ0n) is 19.2. The Kier molecular flexibility index (Phi) is 4.86. The molecular weight excluding hydrogens is 434 g/mol. The second-order valence-corrected chi connectivity index (χ2v) is 9.70. The number of benzene rings is 1. The number of aromatic amines is 1. The van der Waals surface area contributed by atoms with Gasteiger partial charge in [0.15, 0.2) is 5.65 Å². The standard InChI is InChI=1S/C25H27N5O4/c1-15(31)29-11-17(32)9-20(29)24-28-22(21-10-27-23-19(30(21)24)7-8-26-23)16-3-5-18(6-4-16)34-14-25(2)12-33-13-25/h3-8,10,17,20,26,32H,9,11-14H2,1-2H3/t17-,20-/m1/s1. The summed E-state index contributed by atoms with van der Waals surface area (Å²) in [7, 11) is 0. The van der Waals surface area contributed by atoms with Gasteiger partial charge in [0.2, 0.25) is 5.91 Å². The van der Waals surface area contributed by atoms with Crippen molar-refractivity contribution in [2.45, 2.75) is 32.4 Å². The first-order valence-corrected chi connectivity index (χ1v) is 11.5. The molecule has 2 fully saturated rings. The van der Waals surface area contributed by atoms with E-state index in [1.807, 2.05) is 36.5 Å². The van der Waals surface area contributed by atoms with Crippen molar-refractivity contribution in [3.8, 4) is 17.0 Å². The van der Waals surface area contributed by atoms with E-state index in [1.165, 1.54) is 6.92 Å². The topological polar surface area (TPSA) is 105 Å². The number of nitrogens with one attached hydrogen (secondary N) is 1. The van der Waals surface area contributed by atoms with Crippen LogP contribution in [-0.2, 0) is 9.53 Å². The Morgan fingerprint density at radius 2 is 2.06 bits per heavy atom. The molecule has 2 saturated heterocycles. The van der Waals surface area contributed by atoms with Crippen molar-refractivity contribution in [3.05, 3.63) is 48.5 Å². The molecule has 0 unspecified atom stereocenters. The van der Waals surface area contributed by atoms with Gasteiger partial charge in [-0.05, 0) is 30.3 Å². The molecule has 1 amide bonds. The maximum absolute atomic E-state index is 12.3. The van der Waals surface area contributed by atoms with E-state index >= 15 is 0 Å². The molecule has 1 aromatic carbocycles. The number of carbonyl (C=O) groups is 1. The molecule has 3 aromatic heterocycles. The second kappa shape index (κ2) is 7.82. The van der Waals surface area contributed by atoms with E-state index in [-0.39, 0.29) is 17.4 Å². The van der Waals surface area contributed by atoms with Crippen LogP contribution in [-0.4, -0.2) is 67.7 Å². The lowest BCUT2D eigenvalue weighted by Gasteiger charge is -2.37. The number of fused-ring (bicyclic) bond motifs is 3. The van der Waals surface area contributed by atoms with E-state index in [9.17, 15) is 9.90 Å². The average molecular weight is 462 g/mol. The molecule has 0 aliphatic carbocycles. The highest BCUT2D eigenvalue weighted by Gasteiger charge is 2.37. The van der Waals surface area contributed by atoms with Crippen LogP contribution in [0.25, 0.3) is 27.9 Å². The maximum atomic E-state index is 12.3. The minimum atomic E-state index is -0.576. The Morgan fingerprint density at radius 3 is 2.76 bits per heavy atom. The number of carbonyl (C=O) groups excluding carboxylic acids is 1. The summed E-state index contributed by atoms with van der Waals surface area (Å²) in [6, 6.07) is 9.53. The molecule has 176 valence electrons. The lowest BCUT2D eigenvalue weighted by Crippen LogP contribution is -2.44. The number of hydrogen-bond acceptors (Lipinski definition) is 6. The number of ether oxygens (including phenoxy) is 2. The van der Waals surface area contributed by atoms with Gasteiger partial charge >= 0.3 is 0 Å². The Balaban J connectivity index is 1.41. The van der Waals surface area contributed by atoms with Crippen molar-refractivity contribution in [2.24, 2.45) is 5.41 Å². The van der Waals surface area contributed by atoms with Crippen LogP contribution in [0.4, 0.5) is 0 Å². The minimum absolute atomic E-state index is 0.0775. The van der Waals surface area contributed by atoms with E-state index in [1.54, 1.807) is 11.1 Å². The minimum Gasteiger partial charge on any atom is -0.493 e. The molecule has 0 radical (unpaired) electrons. The third kappa shape index (κ3) is 3.43. The summed E-state index contributed by atoms with van der Waals surface area (Å²) < 4.78 is 13.3. The molecule has 5 heterocycles. The molecule has 4 aromatic rings. The van der Waals surface area contributed by atoms with Crippen LogP contribution in [0.1, 0.15) is 32.1 Å². The summed E-state index contributed by atoms with van der Waals surface area (Å²) in [4.78, 5) is 26.8. The third-order valence-electron chi connectivity index (χ3n) is 6.80. The van der Waals surface area contributed by atoms with E-state index in [2.05, 4.69) is 21.3 Å². The number of H-pyrrole nitrogens is 1. The number of rotatable bonds is 5. The average Bonchev–Trinajstić information content (AvgIpc) is 3.52. The van der Waals surface area contributed by atoms with Crippen molar-refractivity contribution < 1.29 is 19.4 Å². The van der Waals surface area contributed by atoms with Crippen molar-refractivity contribution in [1.29, 1.82) is 0 Å². The fourth-order valence-electron chi connectivity index (χ4n) is 4.93. The molecule has 2 aliphatic rings. The van der Waals surface area contributed by atoms with Crippen LogP contribution in [0.5, 0.6) is 5.75 Å². The summed E-state index contributed by atoms with van der Waals surface area (Å²) in [6.45, 7) is 6.06. The van der Waals surface area contributed by atoms with Crippen LogP contribution >= 0.6 is 0 Å². The zero-order chi connectivity index (χ0) is 23.4. The summed E-state index contributed by atoms with van der Waals surface area (Å²) in [5.74, 6) is 1.45. The van der Waals surface area contributed by atoms with E-state index in [0.29, 0.717) is 19.6 Å². The lowest BCUT2D eigenvalue weighted by atomic mass is 9.90. The van der Waals surface area contributed by atoms with Gasteiger partial charge in [0.25, 0.3) is 0 Å². The molecular formula is C25H27N5O4. The highest BCUT2D eigenvalue weighted by molar-refractivity contribution is 5.84. The Morgan fingerprint density at radius 1 is 1.26 bits per heavy atom. The van der Waals surface area contributed by atoms with Gasteiger partial charge in [0.05, 0.1) is 54.9 Å². The molecule has 9 nitrogen and oxygen atoms in total. The van der Waals surface area contributed by atoms with Crippen molar-refractivity contribution >= 4 is 22.6 Å². The Hall–Kier alpha value is -3.43. The Bertz CT molecular complexity index is 1370. The van der Waals surface area contributed by atoms with Gasteiger partial charge in [-0.25, -0.2) is 9.97 Å². The number of aliphatic hydroxyl groups is 1. The number of nitrogens with zero attached hydrogens (tertiary/aromatic N) is 4. The number of imidazole rings is 1. The quantitative estimate of drug-likeness (QED) is 0.474. The zero-order valence-corrected chi connectivity index (χ0v) is 19.2. The van der Waals surface area contributed by atoms with Crippen LogP contribution in [0.15, 0.2) is 42.7 Å². The first kappa shape index (κ1) is 21.1. The number of likely N-dealkylation sites (tertiary alicyclic amines) is 1. The van der Waals surface area contributed by atoms with Crippen LogP contribution in [0, 0.1) is 5.41 Å². The van der Waals surface area contributed by atoms with Gasteiger partial charge in [-0.2, -0.15) is 0 Å². The van der Waals surface area contributed by atoms with E-state index < -0.39 is 6.10 Å². The smallest absolute Gasteiger partial charge is 0.220 e. The number of aliphatic hydroxyl groups excluding tert-OH is 1. The van der Waals surface area contributed by atoms with Gasteiger partial charge in [0, 0.05) is 37.1 Å². The van der Waals surface area contributed by atoms with Gasteiger partial charge in [0.1, 0.15) is 11.6 Å². The number of β-amino-alcohol motifs (C(OH)–C–C–N with tert-alkyl or cyclic N) is 1. The predicted molar refractivity (Wildman–Crippen MR) is 125 cm³/mol. The molecule has 6 rings (SSSR count). The van der Waals surface area contributed by atoms with E-state index in [0.717, 1.165) is 52.7 Å². The van der Waals surface area contributed by atoms with Gasteiger partial charge < -0.3 is 24.5 Å². The summed E-state index contributed by atoms with van der Waals surface area (Å²) in [5.41, 5.74) is 4.25. The lowest BCUT2D eigenvalue weighted by molar-refractivity contribution is -0.130. The molecule has 0 saturated carbocycles. The number of hydrogen-bond donors (Lipinski definition) is 2. The molecule has 0 bridgehead atoms. The van der Waals surface area contributed by atoms with Crippen molar-refractivity contribution in [1.82, 2.24) is 24.3 Å². The highest BCUT2D eigenvalue weighted by Crippen LogP contribution is 2.37. The predicted octanol–water partition coefficient (Wildman–Crippen LogP) is 2.95. The fraction of sp³-hybridized carbons (Fsp3) is 0.400. The second-order valence-electron chi connectivity index (χ2n) is 9.70. The summed E-state index contributed by atoms with van der Waals surface area (Å²) in [5, 5.41) is 10.3. The van der Waals surface area contributed by atoms with Gasteiger partial charge in [-0.1, -0.05) is 6.92 Å². The molecule has 2 aliphatic heterocycles. The highest BCUT2D eigenvalue weighted by atomic mass is 16.5. The van der Waals surface area contributed by atoms with Crippen molar-refractivity contribution in [3.63, 3.8) is 0 Å². The monoisotopic (exact) mass is 461 g/mol. The van der Waals surface area contributed by atoms with Gasteiger partial charge in [-0.3, -0.25) is 9.20 Å². The van der Waals surface area contributed by atoms with Crippen LogP contribution in [0.2, 0.25) is 0 Å². The largest absolute Gasteiger partial charge is 0.493 e. The molecule has 2 atom stereocenters. The summed E-state index contributed by atoms with van der Waals surface area (Å²) in [6.07, 6.45) is 3.51. The third-order valence-corrected chi connectivity index (χ3v) is 6.80. The van der Waals surface area contributed by atoms with E-state index in [4.69, 9.17) is 14.5 Å². The summed E-state index contributed by atoms with van der Waals surface area (Å²) >= 11 is 0. The maximum Gasteiger partial charge on any atom is 0.220 e. The molecule has 0 spiro atoms. The first-order chi connectivity index (χ1) is 16.4. The SMILES string of the molecule is CC(=O)N1C[C@H](O)C[C@@H]1c1nc(-c2ccc(OCC3(C)COC3)cc2)c2cnc3[nH]ccc3n12. The van der Waals surface area contributed by atoms with Crippen LogP contribution in [0.3, 0.4) is 0 Å². The van der Waals surface area contributed by atoms with Gasteiger partial charge in [-0.15, -0.1) is 0 Å². The fourth-order valence-corrected chi connectivity index (χ4v) is 4.93. The van der Waals surface area contributed by atoms with Crippen molar-refractivity contribution in [2.75, 3.05) is 26.4 Å². The Labute approximate surface area is 196 Å². The number of amides is 1. The normalized spacial score (nSPS) is 21.8. The molecule has 9 heteroatoms. The first-order valence-electron chi connectivity index (χ1n) is 11.5. The van der Waals surface area contributed by atoms with Crippen LogP contribution < -0.4 is 4.74 Å². The molecule has 34 heavy (non-hydrogen) atoms. The molecule has 2 N–H and O–H groups in total.